The summed E-state index contributed by atoms with van der Waals surface area (Å²) in [5.74, 6) is 0. The van der Waals surface area contributed by atoms with Crippen LogP contribution in [0.5, 0.6) is 0 Å². The van der Waals surface area contributed by atoms with E-state index in [1.807, 2.05) is 19.1 Å². The molecule has 1 atom stereocenters. The molecule has 1 aromatic rings. The molecule has 1 unspecified atom stereocenters. The van der Waals surface area contributed by atoms with Gasteiger partial charge >= 0.3 is 0 Å². The Bertz CT molecular complexity index is 299. The van der Waals surface area contributed by atoms with Crippen LogP contribution in [0.4, 0.5) is 0 Å². The fourth-order valence-corrected chi connectivity index (χ4v) is 1.60. The molecule has 0 aliphatic carbocycles. The summed E-state index contributed by atoms with van der Waals surface area (Å²) in [7, 11) is -4.15. The Morgan fingerprint density at radius 3 is 2.33 bits per heavy atom. The van der Waals surface area contributed by atoms with Crippen molar-refractivity contribution in [3.8, 4) is 0 Å². The largest absolute Gasteiger partial charge is 0.778 e. The molecule has 0 aliphatic rings. The zero-order valence-corrected chi connectivity index (χ0v) is 7.62. The monoisotopic (exact) mass is 185 g/mol. The van der Waals surface area contributed by atoms with Gasteiger partial charge in [0.25, 0.3) is 0 Å². The fraction of sp³-hybridized carbons (Fsp3) is 0.250. The van der Waals surface area contributed by atoms with E-state index in [0.29, 0.717) is 5.56 Å². The molecule has 0 aromatic heterocycles. The lowest BCUT2D eigenvalue weighted by molar-refractivity contribution is -0.194. The maximum Gasteiger partial charge on any atom is 0.136 e. The molecule has 1 N–H and O–H groups in total. The highest BCUT2D eigenvalue weighted by Crippen LogP contribution is 2.33. The SMILES string of the molecule is Cc1ccc(CP(=O)([O-])O)cc1. The van der Waals surface area contributed by atoms with E-state index in [0.717, 1.165) is 5.56 Å². The molecule has 3 nitrogen and oxygen atoms in total. The van der Waals surface area contributed by atoms with Gasteiger partial charge in [0.1, 0.15) is 7.60 Å². The first-order valence-corrected chi connectivity index (χ1v) is 5.32. The Hall–Kier alpha value is -0.630. The molecular formula is C8H10O3P-. The molecule has 66 valence electrons. The average Bonchev–Trinajstić information content (AvgIpc) is 1.91. The van der Waals surface area contributed by atoms with Gasteiger partial charge in [-0.1, -0.05) is 29.8 Å². The van der Waals surface area contributed by atoms with Gasteiger partial charge in [-0.05, 0) is 12.5 Å². The van der Waals surface area contributed by atoms with Gasteiger partial charge in [-0.25, -0.2) is 0 Å². The molecule has 0 spiro atoms. The van der Waals surface area contributed by atoms with Crippen molar-refractivity contribution in [2.75, 3.05) is 0 Å². The van der Waals surface area contributed by atoms with Gasteiger partial charge < -0.3 is 14.4 Å². The number of hydrogen-bond donors (Lipinski definition) is 1. The summed E-state index contributed by atoms with van der Waals surface area (Å²) in [6.07, 6.45) is -0.284. The Morgan fingerprint density at radius 1 is 1.42 bits per heavy atom. The fourth-order valence-electron chi connectivity index (χ4n) is 0.924. The predicted molar refractivity (Wildman–Crippen MR) is 44.7 cm³/mol. The zero-order chi connectivity index (χ0) is 9.19. The van der Waals surface area contributed by atoms with Crippen molar-refractivity contribution in [1.29, 1.82) is 0 Å². The van der Waals surface area contributed by atoms with Gasteiger partial charge in [-0.2, -0.15) is 0 Å². The Morgan fingerprint density at radius 2 is 1.92 bits per heavy atom. The smallest absolute Gasteiger partial charge is 0.136 e. The van der Waals surface area contributed by atoms with Crippen LogP contribution in [0.1, 0.15) is 11.1 Å². The highest BCUT2D eigenvalue weighted by molar-refractivity contribution is 7.49. The minimum Gasteiger partial charge on any atom is -0.778 e. The molecule has 12 heavy (non-hydrogen) atoms. The van der Waals surface area contributed by atoms with E-state index >= 15 is 0 Å². The van der Waals surface area contributed by atoms with E-state index in [-0.39, 0.29) is 6.16 Å². The summed E-state index contributed by atoms with van der Waals surface area (Å²) in [4.78, 5) is 19.0. The van der Waals surface area contributed by atoms with Crippen LogP contribution in [-0.2, 0) is 10.7 Å². The van der Waals surface area contributed by atoms with Crippen molar-refractivity contribution in [2.45, 2.75) is 13.1 Å². The van der Waals surface area contributed by atoms with Gasteiger partial charge in [-0.15, -0.1) is 0 Å². The van der Waals surface area contributed by atoms with Crippen molar-refractivity contribution in [3.63, 3.8) is 0 Å². The first-order chi connectivity index (χ1) is 5.47. The maximum absolute atomic E-state index is 10.5. The second-order valence-corrected chi connectivity index (χ2v) is 4.37. The molecule has 0 bridgehead atoms. The van der Waals surface area contributed by atoms with Gasteiger partial charge in [-0.3, -0.25) is 0 Å². The minimum atomic E-state index is -4.15. The second kappa shape index (κ2) is 3.40. The van der Waals surface area contributed by atoms with Crippen molar-refractivity contribution < 1.29 is 14.4 Å². The molecule has 0 radical (unpaired) electrons. The lowest BCUT2D eigenvalue weighted by atomic mass is 10.2. The molecule has 0 aliphatic heterocycles. The highest BCUT2D eigenvalue weighted by atomic mass is 31.2. The van der Waals surface area contributed by atoms with Crippen LogP contribution in [-0.4, -0.2) is 4.89 Å². The standard InChI is InChI=1S/C8H11O3P/c1-7-2-4-8(5-3-7)6-12(9,10)11/h2-5H,6H2,1H3,(H2,9,10,11)/p-1. The van der Waals surface area contributed by atoms with Crippen LogP contribution in [0.25, 0.3) is 0 Å². The normalized spacial score (nSPS) is 15.6. The van der Waals surface area contributed by atoms with Crippen LogP contribution in [0.3, 0.4) is 0 Å². The van der Waals surface area contributed by atoms with Gasteiger partial charge in [0.15, 0.2) is 0 Å². The lowest BCUT2D eigenvalue weighted by Crippen LogP contribution is -2.01. The van der Waals surface area contributed by atoms with Crippen molar-refractivity contribution in [2.24, 2.45) is 0 Å². The quantitative estimate of drug-likeness (QED) is 0.700. The third-order valence-electron chi connectivity index (χ3n) is 1.50. The lowest BCUT2D eigenvalue weighted by Gasteiger charge is -2.14. The van der Waals surface area contributed by atoms with E-state index in [4.69, 9.17) is 4.89 Å². The third kappa shape index (κ3) is 3.18. The summed E-state index contributed by atoms with van der Waals surface area (Å²) in [6, 6.07) is 7.00. The summed E-state index contributed by atoms with van der Waals surface area (Å²) in [5, 5.41) is 0. The van der Waals surface area contributed by atoms with Crippen LogP contribution in [0.15, 0.2) is 24.3 Å². The van der Waals surface area contributed by atoms with E-state index in [2.05, 4.69) is 0 Å². The molecule has 0 saturated carbocycles. The van der Waals surface area contributed by atoms with Crippen molar-refractivity contribution in [3.05, 3.63) is 35.4 Å². The van der Waals surface area contributed by atoms with Crippen molar-refractivity contribution in [1.82, 2.24) is 0 Å². The topological polar surface area (TPSA) is 60.4 Å². The number of aryl methyl sites for hydroxylation is 1. The predicted octanol–water partition coefficient (Wildman–Crippen LogP) is 1.04. The van der Waals surface area contributed by atoms with Gasteiger partial charge in [0, 0.05) is 6.16 Å². The van der Waals surface area contributed by atoms with E-state index in [1.54, 1.807) is 12.1 Å². The first kappa shape index (κ1) is 9.46. The molecule has 0 fully saturated rings. The van der Waals surface area contributed by atoms with Crippen LogP contribution < -0.4 is 4.89 Å². The molecular weight excluding hydrogens is 175 g/mol. The molecule has 0 heterocycles. The van der Waals surface area contributed by atoms with Crippen LogP contribution in [0, 0.1) is 6.92 Å². The van der Waals surface area contributed by atoms with Crippen LogP contribution >= 0.6 is 7.60 Å². The zero-order valence-electron chi connectivity index (χ0n) is 6.73. The third-order valence-corrected chi connectivity index (χ3v) is 2.27. The Kier molecular flexibility index (Phi) is 2.68. The molecule has 1 aromatic carbocycles. The van der Waals surface area contributed by atoms with E-state index in [9.17, 15) is 9.46 Å². The molecule has 0 saturated heterocycles. The van der Waals surface area contributed by atoms with E-state index in [1.165, 1.54) is 0 Å². The summed E-state index contributed by atoms with van der Waals surface area (Å²) in [5.41, 5.74) is 1.68. The average molecular weight is 185 g/mol. The number of rotatable bonds is 2. The van der Waals surface area contributed by atoms with Gasteiger partial charge in [0.05, 0.1) is 0 Å². The molecule has 0 amide bonds. The summed E-state index contributed by atoms with van der Waals surface area (Å²) >= 11 is 0. The Balaban J connectivity index is 2.78. The van der Waals surface area contributed by atoms with Crippen molar-refractivity contribution >= 4 is 7.60 Å². The Labute approximate surface area is 71.2 Å². The number of benzene rings is 1. The second-order valence-electron chi connectivity index (χ2n) is 2.78. The minimum absolute atomic E-state index is 0.284. The maximum atomic E-state index is 10.5. The van der Waals surface area contributed by atoms with E-state index < -0.39 is 7.60 Å². The highest BCUT2D eigenvalue weighted by Gasteiger charge is 2.02. The number of hydrogen-bond acceptors (Lipinski definition) is 2. The van der Waals surface area contributed by atoms with Crippen LogP contribution in [0.2, 0.25) is 0 Å². The summed E-state index contributed by atoms with van der Waals surface area (Å²) < 4.78 is 10.5. The summed E-state index contributed by atoms with van der Waals surface area (Å²) in [6.45, 7) is 1.92. The molecule has 1 rings (SSSR count). The first-order valence-electron chi connectivity index (χ1n) is 3.56. The molecule has 4 heteroatoms. The van der Waals surface area contributed by atoms with Gasteiger partial charge in [0.2, 0.25) is 0 Å².